The van der Waals surface area contributed by atoms with Gasteiger partial charge in [-0.25, -0.2) is 0 Å². The summed E-state index contributed by atoms with van der Waals surface area (Å²) in [6, 6.07) is 0. The number of carbonyl (C=O) groups excluding carboxylic acids is 3. The van der Waals surface area contributed by atoms with Crippen molar-refractivity contribution in [1.82, 2.24) is 0 Å². The van der Waals surface area contributed by atoms with Crippen LogP contribution in [0.4, 0.5) is 0 Å². The monoisotopic (exact) mass is 238 g/mol. The first-order chi connectivity index (χ1) is 7.51. The average Bonchev–Trinajstić information content (AvgIpc) is 2.30. The van der Waals surface area contributed by atoms with Crippen molar-refractivity contribution in [1.29, 1.82) is 0 Å². The number of aldehydes is 1. The van der Waals surface area contributed by atoms with Crippen LogP contribution in [-0.2, 0) is 28.6 Å². The van der Waals surface area contributed by atoms with Crippen molar-refractivity contribution >= 4 is 19.2 Å². The SMILES string of the molecule is CC=O.COC(C)C.COC=O.COC=O. The molecule has 0 heterocycles. The van der Waals surface area contributed by atoms with Gasteiger partial charge in [0.25, 0.3) is 12.9 Å². The van der Waals surface area contributed by atoms with Gasteiger partial charge in [-0.05, 0) is 20.8 Å². The van der Waals surface area contributed by atoms with Crippen LogP contribution in [0.5, 0.6) is 0 Å². The molecule has 0 radical (unpaired) electrons. The van der Waals surface area contributed by atoms with Crippen LogP contribution >= 0.6 is 0 Å². The highest BCUT2D eigenvalue weighted by Gasteiger charge is 1.78. The van der Waals surface area contributed by atoms with Crippen LogP contribution in [0.1, 0.15) is 20.8 Å². The summed E-state index contributed by atoms with van der Waals surface area (Å²) in [6.45, 7) is 6.19. The lowest BCUT2D eigenvalue weighted by Gasteiger charge is -1.94. The van der Waals surface area contributed by atoms with Gasteiger partial charge >= 0.3 is 0 Å². The summed E-state index contributed by atoms with van der Waals surface area (Å²) in [5, 5.41) is 0. The minimum Gasteiger partial charge on any atom is -0.471 e. The van der Waals surface area contributed by atoms with Crippen LogP contribution in [-0.4, -0.2) is 46.7 Å². The number of ether oxygens (including phenoxy) is 3. The lowest BCUT2D eigenvalue weighted by Crippen LogP contribution is -1.94. The Morgan fingerprint density at radius 2 is 1.00 bits per heavy atom. The number of carbonyl (C=O) groups is 3. The molecule has 0 aliphatic carbocycles. The van der Waals surface area contributed by atoms with Crippen molar-refractivity contribution in [3.63, 3.8) is 0 Å². The maximum atomic E-state index is 8.95. The van der Waals surface area contributed by atoms with Gasteiger partial charge in [0.1, 0.15) is 6.29 Å². The Kier molecular flexibility index (Phi) is 56.2. The van der Waals surface area contributed by atoms with Crippen molar-refractivity contribution in [2.75, 3.05) is 21.3 Å². The number of hydrogen-bond donors (Lipinski definition) is 0. The Morgan fingerprint density at radius 1 is 0.875 bits per heavy atom. The minimum absolute atomic E-state index is 0.375. The molecule has 0 amide bonds. The third-order valence-electron chi connectivity index (χ3n) is 0.664. The molecule has 0 aliphatic heterocycles. The highest BCUT2D eigenvalue weighted by atomic mass is 16.5. The number of hydrogen-bond acceptors (Lipinski definition) is 6. The molecule has 0 aromatic heterocycles. The molecule has 0 aromatic carbocycles. The summed E-state index contributed by atoms with van der Waals surface area (Å²) in [4.78, 5) is 26.7. The highest BCUT2D eigenvalue weighted by molar-refractivity contribution is 5.44. The van der Waals surface area contributed by atoms with Crippen LogP contribution < -0.4 is 0 Å². The van der Waals surface area contributed by atoms with E-state index in [1.54, 1.807) is 7.11 Å². The quantitative estimate of drug-likeness (QED) is 0.677. The summed E-state index contributed by atoms with van der Waals surface area (Å²) in [7, 11) is 4.32. The fourth-order valence-corrected chi connectivity index (χ4v) is 0. The average molecular weight is 238 g/mol. The van der Waals surface area contributed by atoms with Crippen molar-refractivity contribution < 1.29 is 28.6 Å². The molecule has 98 valence electrons. The second kappa shape index (κ2) is 37.4. The first kappa shape index (κ1) is 24.0. The molecular weight excluding hydrogens is 216 g/mol. The van der Waals surface area contributed by atoms with Gasteiger partial charge in [-0.3, -0.25) is 9.59 Å². The summed E-state index contributed by atoms with van der Waals surface area (Å²) in [5.41, 5.74) is 0. The molecule has 0 fully saturated rings. The Bertz CT molecular complexity index is 116. The normalized spacial score (nSPS) is 6.44. The van der Waals surface area contributed by atoms with E-state index >= 15 is 0 Å². The molecule has 16 heavy (non-hydrogen) atoms. The molecule has 0 spiro atoms. The molecular formula is C10H22O6. The number of rotatable bonds is 3. The largest absolute Gasteiger partial charge is 0.471 e. The maximum absolute atomic E-state index is 8.95. The van der Waals surface area contributed by atoms with Crippen molar-refractivity contribution in [3.05, 3.63) is 0 Å². The fourth-order valence-electron chi connectivity index (χ4n) is 0. The second-order valence-electron chi connectivity index (χ2n) is 2.18. The van der Waals surface area contributed by atoms with E-state index in [9.17, 15) is 0 Å². The standard InChI is InChI=1S/C4H10O.2C2H4O2.C2H4O/c1-4(2)5-3;2*1-4-2-3;1-2-3/h4H,1-3H3;2*2H,1H3;2H,1H3. The van der Waals surface area contributed by atoms with Gasteiger partial charge in [0.2, 0.25) is 0 Å². The predicted molar refractivity (Wildman–Crippen MR) is 60.0 cm³/mol. The van der Waals surface area contributed by atoms with E-state index < -0.39 is 0 Å². The lowest BCUT2D eigenvalue weighted by atomic mass is 10.5. The van der Waals surface area contributed by atoms with Crippen LogP contribution in [0.25, 0.3) is 0 Å². The van der Waals surface area contributed by atoms with E-state index in [2.05, 4.69) is 9.47 Å². The fraction of sp³-hybridized carbons (Fsp3) is 0.700. The molecule has 0 saturated heterocycles. The smallest absolute Gasteiger partial charge is 0.292 e. The highest BCUT2D eigenvalue weighted by Crippen LogP contribution is 1.77. The van der Waals surface area contributed by atoms with Crippen LogP contribution in [0.15, 0.2) is 0 Å². The predicted octanol–water partition coefficient (Wildman–Crippen LogP) is 0.825. The van der Waals surface area contributed by atoms with Gasteiger partial charge in [0.15, 0.2) is 0 Å². The molecule has 0 unspecified atom stereocenters. The second-order valence-corrected chi connectivity index (χ2v) is 2.18. The zero-order valence-electron chi connectivity index (χ0n) is 10.8. The summed E-state index contributed by atoms with van der Waals surface area (Å²) >= 11 is 0. The molecule has 0 aromatic rings. The van der Waals surface area contributed by atoms with Crippen LogP contribution in [0.2, 0.25) is 0 Å². The van der Waals surface area contributed by atoms with E-state index in [0.29, 0.717) is 19.0 Å². The van der Waals surface area contributed by atoms with Crippen LogP contribution in [0, 0.1) is 0 Å². The van der Waals surface area contributed by atoms with Crippen molar-refractivity contribution in [2.45, 2.75) is 26.9 Å². The Morgan fingerprint density at radius 3 is 1.00 bits per heavy atom. The van der Waals surface area contributed by atoms with E-state index in [1.165, 1.54) is 21.1 Å². The van der Waals surface area contributed by atoms with E-state index in [0.717, 1.165) is 6.29 Å². The van der Waals surface area contributed by atoms with Gasteiger partial charge < -0.3 is 19.0 Å². The van der Waals surface area contributed by atoms with Gasteiger partial charge in [0.05, 0.1) is 20.3 Å². The van der Waals surface area contributed by atoms with Gasteiger partial charge in [-0.2, -0.15) is 0 Å². The van der Waals surface area contributed by atoms with E-state index in [4.69, 9.17) is 19.1 Å². The van der Waals surface area contributed by atoms with E-state index in [1.807, 2.05) is 13.8 Å². The summed E-state index contributed by atoms with van der Waals surface area (Å²) in [5.74, 6) is 0. The molecule has 0 saturated carbocycles. The first-order valence-corrected chi connectivity index (χ1v) is 4.37. The third kappa shape index (κ3) is 255. The Balaban J connectivity index is -0.0000000610. The van der Waals surface area contributed by atoms with Gasteiger partial charge in [-0.1, -0.05) is 0 Å². The van der Waals surface area contributed by atoms with Gasteiger partial charge in [-0.15, -0.1) is 0 Å². The molecule has 0 N–H and O–H groups in total. The molecule has 0 aliphatic rings. The zero-order chi connectivity index (χ0) is 13.8. The van der Waals surface area contributed by atoms with Crippen LogP contribution in [0.3, 0.4) is 0 Å². The lowest BCUT2D eigenvalue weighted by molar-refractivity contribution is -0.126. The van der Waals surface area contributed by atoms with Crippen molar-refractivity contribution in [2.24, 2.45) is 0 Å². The maximum Gasteiger partial charge on any atom is 0.292 e. The minimum atomic E-state index is 0.375. The van der Waals surface area contributed by atoms with Gasteiger partial charge in [0, 0.05) is 7.11 Å². The van der Waals surface area contributed by atoms with E-state index in [-0.39, 0.29) is 0 Å². The third-order valence-corrected chi connectivity index (χ3v) is 0.664. The topological polar surface area (TPSA) is 78.9 Å². The molecule has 6 heteroatoms. The molecule has 0 rings (SSSR count). The Labute approximate surface area is 96.9 Å². The molecule has 0 bridgehead atoms. The summed E-state index contributed by atoms with van der Waals surface area (Å²) in [6.07, 6.45) is 1.13. The first-order valence-electron chi connectivity index (χ1n) is 4.37. The van der Waals surface area contributed by atoms with Crippen molar-refractivity contribution in [3.8, 4) is 0 Å². The Hall–Kier alpha value is -1.43. The molecule has 6 nitrogen and oxygen atoms in total. The molecule has 0 atom stereocenters. The number of methoxy groups -OCH3 is 3. The summed E-state index contributed by atoms with van der Waals surface area (Å²) < 4.78 is 12.5. The zero-order valence-corrected chi connectivity index (χ0v) is 10.8.